The number of ether oxygens (including phenoxy) is 4. The summed E-state index contributed by atoms with van der Waals surface area (Å²) in [5, 5.41) is 82.9. The van der Waals surface area contributed by atoms with Crippen LogP contribution in [0, 0.1) is 0 Å². The second kappa shape index (κ2) is 36.3. The van der Waals surface area contributed by atoms with E-state index in [1.807, 2.05) is 0 Å². The number of unbranched alkanes of at least 4 members (excludes halogenated alkanes) is 22. The number of esters is 2. The third-order valence-electron chi connectivity index (χ3n) is 12.5. The highest BCUT2D eigenvalue weighted by atomic mass is 31.2. The normalized spacial score (nSPS) is 28.1. The first kappa shape index (κ1) is 61.5. The molecule has 1 heterocycles. The molecule has 2 fully saturated rings. The largest absolute Gasteiger partial charge is 0.472 e. The lowest BCUT2D eigenvalue weighted by Gasteiger charge is -2.47. The lowest BCUT2D eigenvalue weighted by molar-refractivity contribution is -0.338. The zero-order valence-electron chi connectivity index (χ0n) is 40.4. The molecule has 13 atom stereocenters. The van der Waals surface area contributed by atoms with E-state index in [4.69, 9.17) is 28.0 Å². The van der Waals surface area contributed by atoms with Crippen LogP contribution in [0.5, 0.6) is 0 Å². The van der Waals surface area contributed by atoms with Crippen molar-refractivity contribution >= 4 is 19.8 Å². The molecule has 1 saturated heterocycles. The lowest BCUT2D eigenvalue weighted by Crippen LogP contribution is -2.67. The molecule has 2 rings (SSSR count). The van der Waals surface area contributed by atoms with Crippen molar-refractivity contribution in [2.24, 2.45) is 0 Å². The van der Waals surface area contributed by atoms with Crippen LogP contribution in [-0.2, 0) is 42.1 Å². The number of allylic oxidation sites excluding steroid dienone is 2. The molecule has 13 unspecified atom stereocenters. The smallest absolute Gasteiger partial charge is 0.462 e. The Hall–Kier alpha value is -1.61. The minimum Gasteiger partial charge on any atom is -0.462 e. The minimum absolute atomic E-state index is 0.0155. The van der Waals surface area contributed by atoms with Crippen LogP contribution >= 0.6 is 7.82 Å². The van der Waals surface area contributed by atoms with Crippen LogP contribution in [0.25, 0.3) is 0 Å². The van der Waals surface area contributed by atoms with Gasteiger partial charge in [0.05, 0.1) is 13.2 Å². The fraction of sp³-hybridized carbons (Fsp3) is 0.917. The molecule has 394 valence electrons. The van der Waals surface area contributed by atoms with E-state index in [2.05, 4.69) is 26.0 Å². The van der Waals surface area contributed by atoms with Crippen LogP contribution < -0.4 is 0 Å². The quantitative estimate of drug-likeness (QED) is 0.0154. The Morgan fingerprint density at radius 2 is 0.985 bits per heavy atom. The number of aliphatic hydroxyl groups excluding tert-OH is 8. The Morgan fingerprint density at radius 3 is 1.49 bits per heavy atom. The van der Waals surface area contributed by atoms with Gasteiger partial charge in [-0.3, -0.25) is 18.6 Å². The van der Waals surface area contributed by atoms with Gasteiger partial charge < -0.3 is 64.7 Å². The third-order valence-corrected chi connectivity index (χ3v) is 13.5. The highest BCUT2D eigenvalue weighted by molar-refractivity contribution is 7.47. The van der Waals surface area contributed by atoms with Gasteiger partial charge in [-0.1, -0.05) is 148 Å². The summed E-state index contributed by atoms with van der Waals surface area (Å²) in [4.78, 5) is 36.5. The molecule has 0 spiro atoms. The predicted molar refractivity (Wildman–Crippen MR) is 249 cm³/mol. The Bertz CT molecular complexity index is 1360. The molecular formula is C48H89O18P. The molecule has 9 N–H and O–H groups in total. The van der Waals surface area contributed by atoms with E-state index in [-0.39, 0.29) is 12.8 Å². The number of carbonyl (C=O) groups excluding carboxylic acids is 2. The molecule has 67 heavy (non-hydrogen) atoms. The Kier molecular flexibility index (Phi) is 33.4. The predicted octanol–water partition coefficient (Wildman–Crippen LogP) is 5.71. The molecule has 0 bridgehead atoms. The standard InChI is InChI=1S/C48H89O18P/c1-3-5-7-9-11-13-15-17-19-20-22-24-26-28-30-37(50)61-33-35(63-38(51)31-29-27-25-23-21-18-16-14-12-10-8-6-4-2)34-62-67(59,60)66-47-44(57)42(55)41(54)43(56)46(47)65-48-45(58)40(53)39(52)36(32-49)64-48/h18,21,35-36,39-49,52-58H,3-17,19-20,22-34H2,1-2H3,(H,59,60)/b21-18-. The molecule has 0 aromatic carbocycles. The Balaban J connectivity index is 1.95. The minimum atomic E-state index is -5.37. The summed E-state index contributed by atoms with van der Waals surface area (Å²) >= 11 is 0. The summed E-state index contributed by atoms with van der Waals surface area (Å²) in [6, 6.07) is 0. The zero-order valence-corrected chi connectivity index (χ0v) is 41.3. The molecule has 0 amide bonds. The highest BCUT2D eigenvalue weighted by Gasteiger charge is 2.55. The number of phosphoric ester groups is 1. The summed E-state index contributed by atoms with van der Waals surface area (Å²) in [5.41, 5.74) is 0. The summed E-state index contributed by atoms with van der Waals surface area (Å²) in [6.07, 6.45) is 8.71. The van der Waals surface area contributed by atoms with Gasteiger partial charge in [0.15, 0.2) is 12.4 Å². The molecule has 0 aromatic heterocycles. The van der Waals surface area contributed by atoms with E-state index in [0.717, 1.165) is 51.4 Å². The van der Waals surface area contributed by atoms with Crippen LogP contribution in [-0.4, -0.2) is 151 Å². The molecule has 1 aliphatic heterocycles. The van der Waals surface area contributed by atoms with E-state index < -0.39 is 113 Å². The first-order chi connectivity index (χ1) is 32.2. The average Bonchev–Trinajstić information content (AvgIpc) is 3.31. The first-order valence-electron chi connectivity index (χ1n) is 25.5. The summed E-state index contributed by atoms with van der Waals surface area (Å²) < 4.78 is 45.4. The summed E-state index contributed by atoms with van der Waals surface area (Å²) in [5.74, 6) is -1.23. The SMILES string of the molecule is CCCCCCCC/C=C\CCCCCC(=O)OC(COC(=O)CCCCCCCCCCCCCCCC)COP(=O)(O)OC1C(O)C(O)C(O)C(O)C1OC1OC(CO)C(O)C(O)C1O. The number of hydrogen-bond donors (Lipinski definition) is 9. The molecule has 1 aliphatic carbocycles. The molecule has 1 saturated carbocycles. The molecule has 0 radical (unpaired) electrons. The van der Waals surface area contributed by atoms with Crippen molar-refractivity contribution in [3.8, 4) is 0 Å². The van der Waals surface area contributed by atoms with E-state index in [1.165, 1.54) is 96.3 Å². The molecule has 0 aromatic rings. The third kappa shape index (κ3) is 25.4. The van der Waals surface area contributed by atoms with Crippen molar-refractivity contribution < 1.29 is 87.9 Å². The van der Waals surface area contributed by atoms with Gasteiger partial charge in [-0.2, -0.15) is 0 Å². The van der Waals surface area contributed by atoms with E-state index >= 15 is 0 Å². The van der Waals surface area contributed by atoms with Crippen LogP contribution in [0.1, 0.15) is 187 Å². The summed E-state index contributed by atoms with van der Waals surface area (Å²) in [6.45, 7) is 2.21. The fourth-order valence-electron chi connectivity index (χ4n) is 8.23. The Labute approximate surface area is 399 Å². The maximum Gasteiger partial charge on any atom is 0.472 e. The highest BCUT2D eigenvalue weighted by Crippen LogP contribution is 2.48. The van der Waals surface area contributed by atoms with Crippen LogP contribution in [0.4, 0.5) is 0 Å². The van der Waals surface area contributed by atoms with E-state index in [9.17, 15) is 59.9 Å². The van der Waals surface area contributed by atoms with E-state index in [0.29, 0.717) is 12.8 Å². The maximum absolute atomic E-state index is 13.4. The van der Waals surface area contributed by atoms with Gasteiger partial charge in [-0.05, 0) is 38.5 Å². The van der Waals surface area contributed by atoms with Crippen molar-refractivity contribution in [1.29, 1.82) is 0 Å². The van der Waals surface area contributed by atoms with Gasteiger partial charge >= 0.3 is 19.8 Å². The van der Waals surface area contributed by atoms with Gasteiger partial charge in [-0.15, -0.1) is 0 Å². The van der Waals surface area contributed by atoms with Gasteiger partial charge in [-0.25, -0.2) is 4.57 Å². The number of hydrogen-bond acceptors (Lipinski definition) is 17. The van der Waals surface area contributed by atoms with Crippen LogP contribution in [0.3, 0.4) is 0 Å². The second-order valence-electron chi connectivity index (χ2n) is 18.4. The van der Waals surface area contributed by atoms with Crippen molar-refractivity contribution in [3.63, 3.8) is 0 Å². The topological polar surface area (TPSA) is 289 Å². The maximum atomic E-state index is 13.4. The lowest BCUT2D eigenvalue weighted by atomic mass is 9.84. The fourth-order valence-corrected chi connectivity index (χ4v) is 9.20. The van der Waals surface area contributed by atoms with Crippen molar-refractivity contribution in [3.05, 3.63) is 12.2 Å². The average molecular weight is 985 g/mol. The van der Waals surface area contributed by atoms with Gasteiger partial charge in [0.2, 0.25) is 0 Å². The van der Waals surface area contributed by atoms with Crippen molar-refractivity contribution in [2.75, 3.05) is 19.8 Å². The molecule has 19 heteroatoms. The number of phosphoric acid groups is 1. The summed E-state index contributed by atoms with van der Waals surface area (Å²) in [7, 11) is -5.37. The van der Waals surface area contributed by atoms with Crippen LogP contribution in [0.2, 0.25) is 0 Å². The van der Waals surface area contributed by atoms with Gasteiger partial charge in [0.25, 0.3) is 0 Å². The molecule has 18 nitrogen and oxygen atoms in total. The van der Waals surface area contributed by atoms with Gasteiger partial charge in [0.1, 0.15) is 67.6 Å². The first-order valence-corrected chi connectivity index (χ1v) is 27.0. The Morgan fingerprint density at radius 1 is 0.552 bits per heavy atom. The second-order valence-corrected chi connectivity index (χ2v) is 19.8. The van der Waals surface area contributed by atoms with Crippen LogP contribution in [0.15, 0.2) is 12.2 Å². The number of carbonyl (C=O) groups is 2. The molecule has 2 aliphatic rings. The zero-order chi connectivity index (χ0) is 49.5. The molecular weight excluding hydrogens is 895 g/mol. The van der Waals surface area contributed by atoms with Crippen molar-refractivity contribution in [1.82, 2.24) is 0 Å². The van der Waals surface area contributed by atoms with Gasteiger partial charge in [0, 0.05) is 12.8 Å². The van der Waals surface area contributed by atoms with E-state index in [1.54, 1.807) is 0 Å². The number of aliphatic hydroxyl groups is 8. The van der Waals surface area contributed by atoms with Crippen molar-refractivity contribution in [2.45, 2.75) is 261 Å². The number of rotatable bonds is 39. The monoisotopic (exact) mass is 985 g/mol.